The molecule has 0 aliphatic carbocycles. The van der Waals surface area contributed by atoms with Crippen LogP contribution in [0.5, 0.6) is 12.0 Å². The molecule has 1 atom stereocenters. The second kappa shape index (κ2) is 11.9. The van der Waals surface area contributed by atoms with Gasteiger partial charge in [-0.05, 0) is 0 Å². The number of aromatic hydroxyl groups is 2. The number of aliphatic hydroxyl groups is 1. The quantitative estimate of drug-likeness (QED) is 0.384. The number of aliphatic carboxylic acids is 2. The third kappa shape index (κ3) is 9.54. The minimum absolute atomic E-state index is 0.246. The van der Waals surface area contributed by atoms with Gasteiger partial charge in [-0.1, -0.05) is 36.9 Å². The lowest BCUT2D eigenvalue weighted by Crippen LogP contribution is -2.33. The summed E-state index contributed by atoms with van der Waals surface area (Å²) in [5.74, 6) is -1.91. The zero-order chi connectivity index (χ0) is 20.1. The van der Waals surface area contributed by atoms with Crippen molar-refractivity contribution in [2.45, 2.75) is 6.04 Å². The number of aromatic nitrogens is 3. The first kappa shape index (κ1) is 22.4. The highest BCUT2D eigenvalue weighted by Gasteiger charge is 2.07. The van der Waals surface area contributed by atoms with Crippen LogP contribution >= 0.6 is 0 Å². The van der Waals surface area contributed by atoms with Gasteiger partial charge in [0, 0.05) is 11.6 Å². The fourth-order valence-electron chi connectivity index (χ4n) is 1.15. The monoisotopic (exact) mass is 366 g/mol. The van der Waals surface area contributed by atoms with E-state index in [-0.39, 0.29) is 5.82 Å². The van der Waals surface area contributed by atoms with E-state index >= 15 is 0 Å². The molecule has 0 amide bonds. The van der Waals surface area contributed by atoms with E-state index in [9.17, 15) is 9.59 Å². The molecule has 0 radical (unpaired) electrons. The van der Waals surface area contributed by atoms with E-state index in [2.05, 4.69) is 21.5 Å². The molecular weight excluding hydrogens is 348 g/mol. The fraction of sp³-hybridized carbons (Fsp3) is 0.133. The number of hydrogen-bond acceptors (Lipinski definition) is 9. The average molecular weight is 366 g/mol. The summed E-state index contributed by atoms with van der Waals surface area (Å²) >= 11 is 0. The Morgan fingerprint density at radius 2 is 1.54 bits per heavy atom. The van der Waals surface area contributed by atoms with Crippen LogP contribution in [0.1, 0.15) is 0 Å². The van der Waals surface area contributed by atoms with Crippen molar-refractivity contribution in [3.63, 3.8) is 0 Å². The van der Waals surface area contributed by atoms with Gasteiger partial charge in [0.05, 0.1) is 6.61 Å². The van der Waals surface area contributed by atoms with Gasteiger partial charge in [0.25, 0.3) is 0 Å². The van der Waals surface area contributed by atoms with Crippen molar-refractivity contribution in [1.82, 2.24) is 15.0 Å². The third-order valence-corrected chi connectivity index (χ3v) is 2.33. The summed E-state index contributed by atoms with van der Waals surface area (Å²) in [5.41, 5.74) is 5.48. The van der Waals surface area contributed by atoms with Crippen molar-refractivity contribution in [1.29, 1.82) is 0 Å². The number of carboxylic acids is 2. The number of carboxylic acid groups (broad SMARTS) is 2. The van der Waals surface area contributed by atoms with Gasteiger partial charge in [0.15, 0.2) is 5.82 Å². The second-order valence-corrected chi connectivity index (χ2v) is 4.29. The highest BCUT2D eigenvalue weighted by Crippen LogP contribution is 2.17. The highest BCUT2D eigenvalue weighted by molar-refractivity contribution is 5.78. The van der Waals surface area contributed by atoms with Crippen LogP contribution < -0.4 is 5.73 Å². The first-order chi connectivity index (χ1) is 12.2. The van der Waals surface area contributed by atoms with Gasteiger partial charge in [-0.2, -0.15) is 9.97 Å². The standard InChI is InChI=1S/C9H7N3O2.C3H7NO3.C3H4O2/c13-8-10-7(11-9(14)12-8)6-4-2-1-3-5-6;4-2(1-5)3(6)7;1-2-3(4)5/h1-5H,(H2,10,11,12,13,14);2,5H,1,4H2,(H,6,7);2H,1H2,(H,4,5). The molecule has 2 rings (SSSR count). The van der Waals surface area contributed by atoms with Gasteiger partial charge in [0.1, 0.15) is 6.04 Å². The largest absolute Gasteiger partial charge is 0.480 e. The molecule has 26 heavy (non-hydrogen) atoms. The number of rotatable bonds is 4. The molecule has 0 aliphatic heterocycles. The van der Waals surface area contributed by atoms with E-state index in [1.54, 1.807) is 12.1 Å². The lowest BCUT2D eigenvalue weighted by molar-refractivity contribution is -0.139. The van der Waals surface area contributed by atoms with Crippen LogP contribution in [0.2, 0.25) is 0 Å². The third-order valence-electron chi connectivity index (χ3n) is 2.33. The summed E-state index contributed by atoms with van der Waals surface area (Å²) in [7, 11) is 0. The van der Waals surface area contributed by atoms with Crippen LogP contribution in [0.25, 0.3) is 11.4 Å². The van der Waals surface area contributed by atoms with Crippen LogP contribution in [-0.2, 0) is 9.59 Å². The molecule has 0 saturated heterocycles. The maximum Gasteiger partial charge on any atom is 0.327 e. The van der Waals surface area contributed by atoms with Crippen molar-refractivity contribution < 1.29 is 35.1 Å². The van der Waals surface area contributed by atoms with Crippen molar-refractivity contribution >= 4 is 11.9 Å². The Morgan fingerprint density at radius 1 is 1.08 bits per heavy atom. The molecule has 11 nitrogen and oxygen atoms in total. The maximum absolute atomic E-state index is 9.65. The van der Waals surface area contributed by atoms with Crippen LogP contribution in [-0.4, -0.2) is 65.1 Å². The summed E-state index contributed by atoms with van der Waals surface area (Å²) in [6, 6.07) is 6.92. The lowest BCUT2D eigenvalue weighted by atomic mass is 10.2. The van der Waals surface area contributed by atoms with Gasteiger partial charge < -0.3 is 31.3 Å². The number of nitrogens with zero attached hydrogens (tertiary/aromatic N) is 3. The topological polar surface area (TPSA) is 200 Å². The first-order valence-electron chi connectivity index (χ1n) is 6.85. The van der Waals surface area contributed by atoms with Gasteiger partial charge in [-0.25, -0.2) is 4.79 Å². The summed E-state index contributed by atoms with van der Waals surface area (Å²) in [5, 5.41) is 41.6. The van der Waals surface area contributed by atoms with E-state index in [1.165, 1.54) is 0 Å². The molecule has 140 valence electrons. The molecule has 1 heterocycles. The van der Waals surface area contributed by atoms with Crippen LogP contribution in [0, 0.1) is 0 Å². The molecular formula is C15H18N4O7. The van der Waals surface area contributed by atoms with Gasteiger partial charge >= 0.3 is 24.0 Å². The lowest BCUT2D eigenvalue weighted by Gasteiger charge is -1.99. The van der Waals surface area contributed by atoms with Crippen molar-refractivity contribution in [2.75, 3.05) is 6.61 Å². The van der Waals surface area contributed by atoms with E-state index in [4.69, 9.17) is 31.3 Å². The van der Waals surface area contributed by atoms with Crippen molar-refractivity contribution in [2.24, 2.45) is 5.73 Å². The molecule has 0 spiro atoms. The number of aliphatic hydroxyl groups excluding tert-OH is 1. The highest BCUT2D eigenvalue weighted by atomic mass is 16.4. The summed E-state index contributed by atoms with van der Waals surface area (Å²) in [6.07, 6.45) is 0.833. The SMILES string of the molecule is C=CC(=O)O.NC(CO)C(=O)O.Oc1nc(O)nc(-c2ccccc2)n1. The Labute approximate surface area is 147 Å². The molecule has 7 N–H and O–H groups in total. The Bertz CT molecular complexity index is 705. The van der Waals surface area contributed by atoms with Gasteiger partial charge in [-0.3, -0.25) is 4.79 Å². The zero-order valence-electron chi connectivity index (χ0n) is 13.4. The van der Waals surface area contributed by atoms with Crippen LogP contribution in [0.15, 0.2) is 43.0 Å². The minimum atomic E-state index is -1.18. The second-order valence-electron chi connectivity index (χ2n) is 4.29. The van der Waals surface area contributed by atoms with E-state index in [0.29, 0.717) is 5.56 Å². The molecule has 0 bridgehead atoms. The average Bonchev–Trinajstić information content (AvgIpc) is 2.61. The Balaban J connectivity index is 0.000000439. The minimum Gasteiger partial charge on any atom is -0.480 e. The predicted octanol–water partition coefficient (Wildman–Crippen LogP) is -0.403. The maximum atomic E-state index is 9.65. The van der Waals surface area contributed by atoms with Gasteiger partial charge in [0.2, 0.25) is 0 Å². The normalized spacial score (nSPS) is 10.2. The van der Waals surface area contributed by atoms with Crippen LogP contribution in [0.3, 0.4) is 0 Å². The number of carbonyl (C=O) groups is 2. The predicted molar refractivity (Wildman–Crippen MR) is 89.1 cm³/mol. The number of hydrogen-bond donors (Lipinski definition) is 6. The molecule has 11 heteroatoms. The summed E-state index contributed by atoms with van der Waals surface area (Å²) in [4.78, 5) is 29.5. The summed E-state index contributed by atoms with van der Waals surface area (Å²) < 4.78 is 0. The number of benzene rings is 1. The molecule has 1 aromatic heterocycles. The van der Waals surface area contributed by atoms with E-state index in [0.717, 1.165) is 6.08 Å². The van der Waals surface area contributed by atoms with Crippen LogP contribution in [0.4, 0.5) is 0 Å². The Kier molecular flexibility index (Phi) is 10.3. The molecule has 0 aliphatic rings. The zero-order valence-corrected chi connectivity index (χ0v) is 13.4. The molecule has 2 aromatic rings. The fourth-order valence-corrected chi connectivity index (χ4v) is 1.15. The smallest absolute Gasteiger partial charge is 0.327 e. The van der Waals surface area contributed by atoms with Crippen molar-refractivity contribution in [3.8, 4) is 23.4 Å². The Hall–Kier alpha value is -3.57. The molecule has 1 aromatic carbocycles. The summed E-state index contributed by atoms with van der Waals surface area (Å²) in [6.45, 7) is 2.46. The van der Waals surface area contributed by atoms with Gasteiger partial charge in [-0.15, -0.1) is 4.98 Å². The van der Waals surface area contributed by atoms with E-state index < -0.39 is 36.6 Å². The molecule has 0 fully saturated rings. The molecule has 0 saturated carbocycles. The number of nitrogens with two attached hydrogens (primary N) is 1. The van der Waals surface area contributed by atoms with E-state index in [1.807, 2.05) is 18.2 Å². The van der Waals surface area contributed by atoms with Crippen molar-refractivity contribution in [3.05, 3.63) is 43.0 Å². The molecule has 1 unspecified atom stereocenters. The Morgan fingerprint density at radius 3 is 1.85 bits per heavy atom. The first-order valence-corrected chi connectivity index (χ1v) is 6.85.